The van der Waals surface area contributed by atoms with E-state index in [2.05, 4.69) is 14.8 Å². The molecule has 4 aromatic carbocycles. The molecule has 1 amide bonds. The van der Waals surface area contributed by atoms with Gasteiger partial charge in [0, 0.05) is 22.6 Å². The first-order valence-corrected chi connectivity index (χ1v) is 14.3. The summed E-state index contributed by atoms with van der Waals surface area (Å²) >= 11 is 0. The van der Waals surface area contributed by atoms with Gasteiger partial charge in [0.2, 0.25) is 0 Å². The van der Waals surface area contributed by atoms with Crippen molar-refractivity contribution in [2.24, 2.45) is 0 Å². The van der Waals surface area contributed by atoms with E-state index in [1.807, 2.05) is 6.92 Å². The molecule has 38 heavy (non-hydrogen) atoms. The van der Waals surface area contributed by atoms with Crippen molar-refractivity contribution >= 4 is 43.0 Å². The zero-order valence-corrected chi connectivity index (χ0v) is 22.0. The number of benzene rings is 4. The van der Waals surface area contributed by atoms with Crippen molar-refractivity contribution in [2.45, 2.75) is 23.6 Å². The first kappa shape index (κ1) is 26.8. The number of amides is 1. The van der Waals surface area contributed by atoms with E-state index < -0.39 is 31.8 Å². The Kier molecular flexibility index (Phi) is 7.51. The number of halogens is 1. The summed E-state index contributed by atoms with van der Waals surface area (Å²) in [7, 11) is -7.90. The van der Waals surface area contributed by atoms with Gasteiger partial charge in [-0.05, 0) is 92.2 Å². The highest BCUT2D eigenvalue weighted by atomic mass is 32.2. The van der Waals surface area contributed by atoms with Gasteiger partial charge in [-0.2, -0.15) is 0 Å². The van der Waals surface area contributed by atoms with Crippen LogP contribution in [0.3, 0.4) is 0 Å². The molecule has 0 saturated heterocycles. The Bertz CT molecular complexity index is 1690. The molecule has 196 valence electrons. The molecule has 3 N–H and O–H groups in total. The second-order valence-corrected chi connectivity index (χ2v) is 11.9. The number of carbonyl (C=O) groups is 1. The highest BCUT2D eigenvalue weighted by Crippen LogP contribution is 2.23. The molecule has 0 aliphatic carbocycles. The highest BCUT2D eigenvalue weighted by molar-refractivity contribution is 7.93. The number of rotatable bonds is 8. The molecular formula is C27H24FN3O5S2. The molecule has 0 aliphatic rings. The Balaban J connectivity index is 1.49. The van der Waals surface area contributed by atoms with Gasteiger partial charge in [-0.3, -0.25) is 14.2 Å². The van der Waals surface area contributed by atoms with Crippen LogP contribution in [0.15, 0.2) is 101 Å². The Morgan fingerprint density at radius 3 is 1.79 bits per heavy atom. The second kappa shape index (κ2) is 10.6. The average Bonchev–Trinajstić information content (AvgIpc) is 2.87. The van der Waals surface area contributed by atoms with Crippen LogP contribution in [0, 0.1) is 19.7 Å². The third-order valence-electron chi connectivity index (χ3n) is 5.56. The van der Waals surface area contributed by atoms with Crippen molar-refractivity contribution in [1.82, 2.24) is 0 Å². The number of carbonyl (C=O) groups excluding carboxylic acids is 1. The fraction of sp³-hybridized carbons (Fsp3) is 0.0741. The Labute approximate surface area is 220 Å². The molecule has 4 aromatic rings. The molecule has 0 atom stereocenters. The minimum atomic E-state index is -3.96. The van der Waals surface area contributed by atoms with Gasteiger partial charge in [-0.25, -0.2) is 21.2 Å². The maximum atomic E-state index is 13.1. The molecule has 8 nitrogen and oxygen atoms in total. The van der Waals surface area contributed by atoms with Crippen LogP contribution in [0.5, 0.6) is 0 Å². The maximum Gasteiger partial charge on any atom is 0.262 e. The fourth-order valence-corrected chi connectivity index (χ4v) is 5.90. The smallest absolute Gasteiger partial charge is 0.262 e. The molecule has 0 spiro atoms. The summed E-state index contributed by atoms with van der Waals surface area (Å²) in [5.41, 5.74) is 2.45. The van der Waals surface area contributed by atoms with Gasteiger partial charge >= 0.3 is 0 Å². The van der Waals surface area contributed by atoms with E-state index in [4.69, 9.17) is 0 Å². The number of nitrogens with one attached hydrogen (secondary N) is 3. The molecule has 0 bridgehead atoms. The average molecular weight is 554 g/mol. The van der Waals surface area contributed by atoms with Crippen molar-refractivity contribution in [1.29, 1.82) is 0 Å². The molecule has 0 aliphatic heterocycles. The van der Waals surface area contributed by atoms with E-state index in [9.17, 15) is 26.0 Å². The summed E-state index contributed by atoms with van der Waals surface area (Å²) in [6, 6.07) is 21.5. The van der Waals surface area contributed by atoms with Crippen molar-refractivity contribution in [3.63, 3.8) is 0 Å². The molecule has 0 unspecified atom stereocenters. The van der Waals surface area contributed by atoms with Gasteiger partial charge in [0.15, 0.2) is 0 Å². The largest absolute Gasteiger partial charge is 0.322 e. The molecule has 0 fully saturated rings. The Morgan fingerprint density at radius 2 is 1.18 bits per heavy atom. The van der Waals surface area contributed by atoms with Gasteiger partial charge < -0.3 is 5.32 Å². The molecule has 11 heteroatoms. The normalized spacial score (nSPS) is 11.6. The van der Waals surface area contributed by atoms with E-state index in [0.29, 0.717) is 16.9 Å². The summed E-state index contributed by atoms with van der Waals surface area (Å²) < 4.78 is 69.1. The molecule has 0 aromatic heterocycles. The van der Waals surface area contributed by atoms with Crippen molar-refractivity contribution in [2.75, 3.05) is 14.8 Å². The van der Waals surface area contributed by atoms with Crippen molar-refractivity contribution in [3.8, 4) is 0 Å². The summed E-state index contributed by atoms with van der Waals surface area (Å²) in [5.74, 6) is -1.06. The Hall–Kier alpha value is -4.22. The van der Waals surface area contributed by atoms with Crippen LogP contribution in [-0.2, 0) is 20.0 Å². The topological polar surface area (TPSA) is 121 Å². The quantitative estimate of drug-likeness (QED) is 0.274. The Morgan fingerprint density at radius 1 is 0.658 bits per heavy atom. The molecular weight excluding hydrogens is 529 g/mol. The van der Waals surface area contributed by atoms with Gasteiger partial charge in [0.1, 0.15) is 5.82 Å². The lowest BCUT2D eigenvalue weighted by molar-refractivity contribution is 0.102. The third kappa shape index (κ3) is 6.36. The standard InChI is InChI=1S/C27H24FN3O5S2/c1-18-3-9-23(10-4-18)31-38(35,36)26-17-20(6-5-19(26)2)27(32)29-22-13-15-25(16-14-22)37(33,34)30-24-11-7-21(28)8-12-24/h3-17,30-31H,1-2H3,(H,29,32). The second-order valence-electron chi connectivity index (χ2n) is 8.54. The lowest BCUT2D eigenvalue weighted by Crippen LogP contribution is -2.17. The van der Waals surface area contributed by atoms with Crippen molar-refractivity contribution < 1.29 is 26.0 Å². The lowest BCUT2D eigenvalue weighted by atomic mass is 10.1. The van der Waals surface area contributed by atoms with Crippen LogP contribution < -0.4 is 14.8 Å². The molecule has 0 heterocycles. The first-order chi connectivity index (χ1) is 17.9. The molecule has 0 saturated carbocycles. The van der Waals surface area contributed by atoms with Crippen molar-refractivity contribution in [3.05, 3.63) is 114 Å². The highest BCUT2D eigenvalue weighted by Gasteiger charge is 2.20. The van der Waals surface area contributed by atoms with Crippen LogP contribution >= 0.6 is 0 Å². The van der Waals surface area contributed by atoms with E-state index in [1.54, 1.807) is 31.2 Å². The van der Waals surface area contributed by atoms with E-state index in [-0.39, 0.29) is 21.0 Å². The zero-order chi connectivity index (χ0) is 27.5. The predicted octanol–water partition coefficient (Wildman–Crippen LogP) is 5.30. The van der Waals surface area contributed by atoms with Gasteiger partial charge in [-0.1, -0.05) is 23.8 Å². The summed E-state index contributed by atoms with van der Waals surface area (Å²) in [5, 5.41) is 2.64. The molecule has 4 rings (SSSR count). The number of hydrogen-bond acceptors (Lipinski definition) is 5. The van der Waals surface area contributed by atoms with Gasteiger partial charge in [0.05, 0.1) is 9.79 Å². The third-order valence-corrected chi connectivity index (χ3v) is 8.48. The lowest BCUT2D eigenvalue weighted by Gasteiger charge is -2.13. The first-order valence-electron chi connectivity index (χ1n) is 11.3. The predicted molar refractivity (Wildman–Crippen MR) is 145 cm³/mol. The fourth-order valence-electron chi connectivity index (χ4n) is 3.52. The number of aryl methyl sites for hydroxylation is 2. The summed E-state index contributed by atoms with van der Waals surface area (Å²) in [6.45, 7) is 3.52. The SMILES string of the molecule is Cc1ccc(NS(=O)(=O)c2cc(C(=O)Nc3ccc(S(=O)(=O)Nc4ccc(F)cc4)cc3)ccc2C)cc1. The molecule has 0 radical (unpaired) electrons. The van der Waals surface area contributed by atoms with Crippen LogP contribution in [0.1, 0.15) is 21.5 Å². The van der Waals surface area contributed by atoms with Gasteiger partial charge in [0.25, 0.3) is 26.0 Å². The monoisotopic (exact) mass is 553 g/mol. The number of hydrogen-bond donors (Lipinski definition) is 3. The van der Waals surface area contributed by atoms with Crippen LogP contribution in [-0.4, -0.2) is 22.7 Å². The van der Waals surface area contributed by atoms with Gasteiger partial charge in [-0.15, -0.1) is 0 Å². The minimum absolute atomic E-state index is 0.0426. The van der Waals surface area contributed by atoms with Crippen LogP contribution in [0.4, 0.5) is 21.5 Å². The number of sulfonamides is 2. The van der Waals surface area contributed by atoms with E-state index in [1.165, 1.54) is 54.6 Å². The van der Waals surface area contributed by atoms with E-state index in [0.717, 1.165) is 17.7 Å². The summed E-state index contributed by atoms with van der Waals surface area (Å²) in [6.07, 6.45) is 0. The zero-order valence-electron chi connectivity index (χ0n) is 20.4. The number of anilines is 3. The summed E-state index contributed by atoms with van der Waals surface area (Å²) in [4.78, 5) is 12.8. The van der Waals surface area contributed by atoms with E-state index >= 15 is 0 Å². The maximum absolute atomic E-state index is 13.1. The van der Waals surface area contributed by atoms with Crippen LogP contribution in [0.25, 0.3) is 0 Å². The minimum Gasteiger partial charge on any atom is -0.322 e. The van der Waals surface area contributed by atoms with Crippen LogP contribution in [0.2, 0.25) is 0 Å².